The van der Waals surface area contributed by atoms with Crippen molar-refractivity contribution < 1.29 is 0 Å². The van der Waals surface area contributed by atoms with Gasteiger partial charge < -0.3 is 10.6 Å². The van der Waals surface area contributed by atoms with Gasteiger partial charge in [-0.05, 0) is 24.2 Å². The predicted molar refractivity (Wildman–Crippen MR) is 76.4 cm³/mol. The highest BCUT2D eigenvalue weighted by atomic mass is 32.1. The molecule has 2 aromatic rings. The highest BCUT2D eigenvalue weighted by Crippen LogP contribution is 1.99. The van der Waals surface area contributed by atoms with Crippen LogP contribution < -0.4 is 10.6 Å². The predicted octanol–water partition coefficient (Wildman–Crippen LogP) is 2.01. The van der Waals surface area contributed by atoms with E-state index in [-0.39, 0.29) is 0 Å². The van der Waals surface area contributed by atoms with Crippen LogP contribution in [0.1, 0.15) is 5.56 Å². The molecule has 0 spiro atoms. The summed E-state index contributed by atoms with van der Waals surface area (Å²) >= 11 is 5.16. The van der Waals surface area contributed by atoms with Gasteiger partial charge in [-0.3, -0.25) is 4.98 Å². The number of benzene rings is 1. The average molecular weight is 258 g/mol. The van der Waals surface area contributed by atoms with E-state index in [0.717, 1.165) is 13.0 Å². The fourth-order valence-corrected chi connectivity index (χ4v) is 1.70. The van der Waals surface area contributed by atoms with Gasteiger partial charge in [0.15, 0.2) is 10.9 Å². The van der Waals surface area contributed by atoms with Crippen LogP contribution in [0.4, 0.5) is 5.82 Å². The largest absolute Gasteiger partial charge is 0.362 e. The molecule has 1 heterocycles. The van der Waals surface area contributed by atoms with Crippen molar-refractivity contribution in [3.63, 3.8) is 0 Å². The summed E-state index contributed by atoms with van der Waals surface area (Å²) in [7, 11) is 0. The molecule has 5 heteroatoms. The molecule has 0 saturated heterocycles. The molecular weight excluding hydrogens is 244 g/mol. The molecule has 92 valence electrons. The van der Waals surface area contributed by atoms with Crippen LogP contribution in [0, 0.1) is 0 Å². The summed E-state index contributed by atoms with van der Waals surface area (Å²) in [6, 6.07) is 10.3. The van der Waals surface area contributed by atoms with Crippen molar-refractivity contribution in [1.29, 1.82) is 0 Å². The molecule has 2 N–H and O–H groups in total. The Morgan fingerprint density at radius 1 is 1.17 bits per heavy atom. The van der Waals surface area contributed by atoms with Gasteiger partial charge >= 0.3 is 0 Å². The minimum absolute atomic E-state index is 0.562. The summed E-state index contributed by atoms with van der Waals surface area (Å²) in [5.74, 6) is 0.648. The first-order valence-electron chi connectivity index (χ1n) is 5.69. The highest BCUT2D eigenvalue weighted by molar-refractivity contribution is 7.80. The quantitative estimate of drug-likeness (QED) is 0.822. The number of rotatable bonds is 4. The number of anilines is 1. The van der Waals surface area contributed by atoms with Crippen molar-refractivity contribution in [3.05, 3.63) is 54.5 Å². The molecule has 0 aliphatic carbocycles. The van der Waals surface area contributed by atoms with Gasteiger partial charge in [0.25, 0.3) is 0 Å². The first-order valence-corrected chi connectivity index (χ1v) is 6.10. The molecule has 1 aromatic carbocycles. The van der Waals surface area contributed by atoms with Crippen LogP contribution in [0.2, 0.25) is 0 Å². The van der Waals surface area contributed by atoms with Crippen LogP contribution in [0.3, 0.4) is 0 Å². The van der Waals surface area contributed by atoms with Gasteiger partial charge in [0.2, 0.25) is 0 Å². The SMILES string of the molecule is S=C(NCCc1ccccc1)Nc1cnccn1. The van der Waals surface area contributed by atoms with Crippen LogP contribution >= 0.6 is 12.2 Å². The first-order chi connectivity index (χ1) is 8.84. The van der Waals surface area contributed by atoms with Gasteiger partial charge in [0.05, 0.1) is 6.20 Å². The Bertz CT molecular complexity index is 487. The number of aromatic nitrogens is 2. The van der Waals surface area contributed by atoms with E-state index in [0.29, 0.717) is 10.9 Å². The molecule has 0 saturated carbocycles. The molecule has 0 unspecified atom stereocenters. The van der Waals surface area contributed by atoms with Crippen molar-refractivity contribution in [2.24, 2.45) is 0 Å². The van der Waals surface area contributed by atoms with Crippen molar-refractivity contribution in [2.75, 3.05) is 11.9 Å². The smallest absolute Gasteiger partial charge is 0.171 e. The molecule has 0 amide bonds. The van der Waals surface area contributed by atoms with Crippen molar-refractivity contribution in [2.45, 2.75) is 6.42 Å². The fraction of sp³-hybridized carbons (Fsp3) is 0.154. The summed E-state index contributed by atoms with van der Waals surface area (Å²) in [5.41, 5.74) is 1.28. The summed E-state index contributed by atoms with van der Waals surface area (Å²) < 4.78 is 0. The maximum Gasteiger partial charge on any atom is 0.171 e. The number of nitrogens with zero attached hydrogens (tertiary/aromatic N) is 2. The number of nitrogens with one attached hydrogen (secondary N) is 2. The second kappa shape index (κ2) is 6.66. The minimum Gasteiger partial charge on any atom is -0.362 e. The molecule has 0 fully saturated rings. The fourth-order valence-electron chi connectivity index (χ4n) is 1.49. The van der Waals surface area contributed by atoms with Gasteiger partial charge in [-0.25, -0.2) is 4.98 Å². The highest BCUT2D eigenvalue weighted by Gasteiger charge is 1.98. The van der Waals surface area contributed by atoms with E-state index in [1.54, 1.807) is 18.6 Å². The van der Waals surface area contributed by atoms with Crippen LogP contribution in [0.15, 0.2) is 48.9 Å². The molecule has 0 bridgehead atoms. The third-order valence-electron chi connectivity index (χ3n) is 2.35. The zero-order valence-electron chi connectivity index (χ0n) is 9.84. The molecule has 0 radical (unpaired) electrons. The van der Waals surface area contributed by atoms with Crippen LogP contribution in [-0.4, -0.2) is 21.6 Å². The lowest BCUT2D eigenvalue weighted by atomic mass is 10.1. The Labute approximate surface area is 111 Å². The lowest BCUT2D eigenvalue weighted by Crippen LogP contribution is -2.30. The third kappa shape index (κ3) is 4.10. The first kappa shape index (κ1) is 12.4. The lowest BCUT2D eigenvalue weighted by molar-refractivity contribution is 0.873. The maximum absolute atomic E-state index is 5.16. The Morgan fingerprint density at radius 2 is 2.00 bits per heavy atom. The molecular formula is C13H14N4S. The maximum atomic E-state index is 5.16. The van der Waals surface area contributed by atoms with E-state index >= 15 is 0 Å². The van der Waals surface area contributed by atoms with Crippen LogP contribution in [-0.2, 0) is 6.42 Å². The van der Waals surface area contributed by atoms with Crippen molar-refractivity contribution in [1.82, 2.24) is 15.3 Å². The molecule has 0 aliphatic heterocycles. The minimum atomic E-state index is 0.562. The number of thiocarbonyl (C=S) groups is 1. The zero-order chi connectivity index (χ0) is 12.6. The average Bonchev–Trinajstić information content (AvgIpc) is 2.41. The van der Waals surface area contributed by atoms with Crippen LogP contribution in [0.25, 0.3) is 0 Å². The van der Waals surface area contributed by atoms with E-state index in [2.05, 4.69) is 32.7 Å². The third-order valence-corrected chi connectivity index (χ3v) is 2.59. The van der Waals surface area contributed by atoms with Gasteiger partial charge in [-0.1, -0.05) is 30.3 Å². The lowest BCUT2D eigenvalue weighted by Gasteiger charge is -2.09. The molecule has 4 nitrogen and oxygen atoms in total. The molecule has 2 rings (SSSR count). The zero-order valence-corrected chi connectivity index (χ0v) is 10.7. The van der Waals surface area contributed by atoms with E-state index in [1.165, 1.54) is 5.56 Å². The topological polar surface area (TPSA) is 49.8 Å². The number of hydrogen-bond acceptors (Lipinski definition) is 3. The summed E-state index contributed by atoms with van der Waals surface area (Å²) in [5, 5.41) is 6.67. The normalized spacial score (nSPS) is 9.78. The molecule has 0 atom stereocenters. The second-order valence-corrected chi connectivity index (χ2v) is 4.12. The van der Waals surface area contributed by atoms with E-state index < -0.39 is 0 Å². The van der Waals surface area contributed by atoms with Crippen molar-refractivity contribution in [3.8, 4) is 0 Å². The molecule has 1 aromatic heterocycles. The van der Waals surface area contributed by atoms with Crippen molar-refractivity contribution >= 4 is 23.1 Å². The van der Waals surface area contributed by atoms with Gasteiger partial charge in [0.1, 0.15) is 0 Å². The Morgan fingerprint density at radius 3 is 2.72 bits per heavy atom. The van der Waals surface area contributed by atoms with E-state index in [1.807, 2.05) is 18.2 Å². The Hall–Kier alpha value is -2.01. The molecule has 0 aliphatic rings. The standard InChI is InChI=1S/C13H14N4S/c18-13(17-12-10-14-8-9-15-12)16-7-6-11-4-2-1-3-5-11/h1-5,8-10H,6-7H2,(H2,15,16,17,18). The second-order valence-electron chi connectivity index (χ2n) is 3.71. The van der Waals surface area contributed by atoms with E-state index in [4.69, 9.17) is 12.2 Å². The van der Waals surface area contributed by atoms with Crippen LogP contribution in [0.5, 0.6) is 0 Å². The summed E-state index contributed by atoms with van der Waals surface area (Å²) in [6.45, 7) is 0.788. The van der Waals surface area contributed by atoms with Gasteiger partial charge in [-0.2, -0.15) is 0 Å². The van der Waals surface area contributed by atoms with Gasteiger partial charge in [0, 0.05) is 18.9 Å². The summed E-state index contributed by atoms with van der Waals surface area (Å²) in [6.07, 6.45) is 5.81. The van der Waals surface area contributed by atoms with E-state index in [9.17, 15) is 0 Å². The Kier molecular flexibility index (Phi) is 4.60. The van der Waals surface area contributed by atoms with Gasteiger partial charge in [-0.15, -0.1) is 0 Å². The Balaban J connectivity index is 1.73. The number of hydrogen-bond donors (Lipinski definition) is 2. The molecule has 18 heavy (non-hydrogen) atoms. The summed E-state index contributed by atoms with van der Waals surface area (Å²) in [4.78, 5) is 8.04. The monoisotopic (exact) mass is 258 g/mol.